The van der Waals surface area contributed by atoms with E-state index in [0.29, 0.717) is 25.7 Å². The monoisotopic (exact) mass is 411 g/mol. The second kappa shape index (κ2) is 6.99. The topological polar surface area (TPSA) is 111 Å². The number of carbonyl (C=O) groups is 3. The van der Waals surface area contributed by atoms with Crippen LogP contribution in [0.15, 0.2) is 22.1 Å². The third kappa shape index (κ3) is 3.23. The summed E-state index contributed by atoms with van der Waals surface area (Å²) in [5.41, 5.74) is -1.39. The molecule has 4 rings (SSSR count). The average molecular weight is 412 g/mol. The van der Waals surface area contributed by atoms with Gasteiger partial charge in [-0.25, -0.2) is 14.4 Å². The van der Waals surface area contributed by atoms with Crippen molar-refractivity contribution in [2.24, 2.45) is 0 Å². The predicted octanol–water partition coefficient (Wildman–Crippen LogP) is 2.05. The Morgan fingerprint density at radius 3 is 1.61 bits per heavy atom. The number of esters is 3. The van der Waals surface area contributed by atoms with E-state index in [1.165, 1.54) is 0 Å². The van der Waals surface area contributed by atoms with Crippen LogP contribution in [0.25, 0.3) is 0 Å². The molecular weight excluding hydrogens is 392 g/mol. The van der Waals surface area contributed by atoms with E-state index in [4.69, 9.17) is 30.5 Å². The fourth-order valence-electron chi connectivity index (χ4n) is 4.16. The van der Waals surface area contributed by atoms with Gasteiger partial charge in [-0.05, 0) is 38.5 Å². The van der Waals surface area contributed by atoms with Crippen molar-refractivity contribution in [2.45, 2.75) is 75.8 Å². The minimum absolute atomic E-state index is 0.401. The summed E-state index contributed by atoms with van der Waals surface area (Å²) in [6, 6.07) is 0. The van der Waals surface area contributed by atoms with E-state index in [0.717, 1.165) is 38.5 Å². The number of ether oxygens (including phenoxy) is 4. The van der Waals surface area contributed by atoms with Gasteiger partial charge in [-0.2, -0.15) is 0 Å². The van der Waals surface area contributed by atoms with Gasteiger partial charge in [0, 0.05) is 12.8 Å². The Bertz CT molecular complexity index is 762. The molecule has 0 atom stereocenters. The maximum atomic E-state index is 12.5. The second-order valence-electron chi connectivity index (χ2n) is 7.56. The largest absolute Gasteiger partial charge is 0.574 e. The number of hydrogen-bond donors (Lipinski definition) is 0. The van der Waals surface area contributed by atoms with Crippen LogP contribution in [0.1, 0.15) is 64.2 Å². The molecule has 8 nitrogen and oxygen atoms in total. The van der Waals surface area contributed by atoms with Crippen LogP contribution in [-0.4, -0.2) is 29.5 Å². The Kier molecular flexibility index (Phi) is 4.77. The van der Waals surface area contributed by atoms with Crippen LogP contribution in [0.3, 0.4) is 0 Å². The molecule has 2 aliphatic carbocycles. The zero-order valence-corrected chi connectivity index (χ0v) is 16.0. The lowest BCUT2D eigenvalue weighted by molar-refractivity contribution is -0.401. The summed E-state index contributed by atoms with van der Waals surface area (Å²) in [6.07, 6.45) is 6.54. The summed E-state index contributed by atoms with van der Waals surface area (Å²) in [4.78, 5) is 37.5. The Morgan fingerprint density at radius 1 is 0.714 bits per heavy atom. The predicted molar refractivity (Wildman–Crippen MR) is 90.9 cm³/mol. The Balaban J connectivity index is 1.64. The highest BCUT2D eigenvalue weighted by Gasteiger charge is 2.49. The molecule has 152 valence electrons. The Morgan fingerprint density at radius 2 is 1.14 bits per heavy atom. The van der Waals surface area contributed by atoms with Gasteiger partial charge in [0.15, 0.2) is 11.4 Å². The molecule has 0 radical (unpaired) electrons. The highest BCUT2D eigenvalue weighted by molar-refractivity contribution is 6.40. The highest BCUT2D eigenvalue weighted by Crippen LogP contribution is 2.42. The number of rotatable bonds is 1. The molecule has 0 aromatic heterocycles. The smallest absolute Gasteiger partial charge is 0.350 e. The first-order valence-corrected chi connectivity index (χ1v) is 9.93. The minimum atomic E-state index is -1.29. The van der Waals surface area contributed by atoms with Crippen LogP contribution in [0.5, 0.6) is 0 Å². The second-order valence-corrected chi connectivity index (χ2v) is 7.94. The number of hydrogen-bond acceptors (Lipinski definition) is 8. The van der Waals surface area contributed by atoms with Crippen molar-refractivity contribution in [3.8, 4) is 0 Å². The molecule has 2 saturated carbocycles. The summed E-state index contributed by atoms with van der Waals surface area (Å²) in [5, 5.41) is 11.8. The summed E-state index contributed by atoms with van der Waals surface area (Å²) in [5.74, 6) is -6.67. The van der Waals surface area contributed by atoms with Gasteiger partial charge in [-0.15, -0.1) is 0 Å². The van der Waals surface area contributed by atoms with Gasteiger partial charge in [0.2, 0.25) is 0 Å². The molecule has 2 heterocycles. The van der Waals surface area contributed by atoms with E-state index in [1.54, 1.807) is 0 Å². The lowest BCUT2D eigenvalue weighted by Gasteiger charge is -2.46. The van der Waals surface area contributed by atoms with Gasteiger partial charge in [0.1, 0.15) is 5.57 Å². The summed E-state index contributed by atoms with van der Waals surface area (Å²) in [6.45, 7) is 0. The zero-order valence-electron chi connectivity index (χ0n) is 15.2. The first kappa shape index (κ1) is 19.1. The van der Waals surface area contributed by atoms with Crippen LogP contribution < -0.4 is 5.11 Å². The molecule has 0 aromatic rings. The minimum Gasteiger partial charge on any atom is -0.574 e. The first-order chi connectivity index (χ1) is 13.3. The standard InChI is InChI=1S/C19H21ClO8/c20-13(11-14(21)25-18(26-15(11)22)7-3-1-4-8-18)12-16(23)27-19(28-17(12)24)9-5-2-6-10-19/h21H,1-10H2/p-1. The van der Waals surface area contributed by atoms with E-state index < -0.39 is 51.6 Å². The van der Waals surface area contributed by atoms with Crippen molar-refractivity contribution >= 4 is 29.5 Å². The maximum Gasteiger partial charge on any atom is 0.350 e. The summed E-state index contributed by atoms with van der Waals surface area (Å²) in [7, 11) is 0. The molecule has 0 unspecified atom stereocenters. The van der Waals surface area contributed by atoms with E-state index in [9.17, 15) is 19.5 Å². The average Bonchev–Trinajstić information content (AvgIpc) is 2.61. The van der Waals surface area contributed by atoms with Crippen molar-refractivity contribution in [1.29, 1.82) is 0 Å². The van der Waals surface area contributed by atoms with Crippen molar-refractivity contribution in [1.82, 2.24) is 0 Å². The number of halogens is 1. The molecule has 2 spiro atoms. The van der Waals surface area contributed by atoms with Gasteiger partial charge in [0.25, 0.3) is 5.79 Å². The number of carbonyl (C=O) groups excluding carboxylic acids is 3. The molecule has 0 aromatic carbocycles. The quantitative estimate of drug-likeness (QED) is 0.366. The zero-order chi connectivity index (χ0) is 19.9. The van der Waals surface area contributed by atoms with E-state index in [1.807, 2.05) is 0 Å². The molecule has 2 aliphatic heterocycles. The van der Waals surface area contributed by atoms with Gasteiger partial charge in [-0.1, -0.05) is 24.4 Å². The maximum absolute atomic E-state index is 12.5. The lowest BCUT2D eigenvalue weighted by Crippen LogP contribution is -2.49. The SMILES string of the molecule is O=C1OC2(CCCCC2)OC([O-])=C1C(Cl)=C1C(=O)OC2(CCCCC2)OC1=O. The summed E-state index contributed by atoms with van der Waals surface area (Å²) >= 11 is 6.11. The van der Waals surface area contributed by atoms with Crippen LogP contribution >= 0.6 is 11.6 Å². The van der Waals surface area contributed by atoms with Crippen molar-refractivity contribution in [3.63, 3.8) is 0 Å². The molecule has 0 amide bonds. The van der Waals surface area contributed by atoms with Crippen molar-refractivity contribution in [3.05, 3.63) is 22.1 Å². The molecule has 9 heteroatoms. The fourth-order valence-corrected chi connectivity index (χ4v) is 4.47. The van der Waals surface area contributed by atoms with Gasteiger partial charge >= 0.3 is 17.9 Å². The molecular formula is C19H20ClO8-. The molecule has 4 aliphatic rings. The van der Waals surface area contributed by atoms with Gasteiger partial charge in [0.05, 0.1) is 11.0 Å². The van der Waals surface area contributed by atoms with Crippen LogP contribution in [-0.2, 0) is 33.3 Å². The molecule has 28 heavy (non-hydrogen) atoms. The Hall–Kier alpha value is -2.22. The highest BCUT2D eigenvalue weighted by atomic mass is 35.5. The van der Waals surface area contributed by atoms with E-state index >= 15 is 0 Å². The van der Waals surface area contributed by atoms with Crippen LogP contribution in [0.4, 0.5) is 0 Å². The van der Waals surface area contributed by atoms with Gasteiger partial charge < -0.3 is 24.1 Å². The van der Waals surface area contributed by atoms with Crippen LogP contribution in [0, 0.1) is 0 Å². The van der Waals surface area contributed by atoms with Crippen molar-refractivity contribution in [2.75, 3.05) is 0 Å². The van der Waals surface area contributed by atoms with E-state index in [-0.39, 0.29) is 0 Å². The molecule has 0 N–H and O–H groups in total. The normalized spacial score (nSPS) is 26.5. The Labute approximate surface area is 166 Å². The van der Waals surface area contributed by atoms with Crippen molar-refractivity contribution < 1.29 is 38.4 Å². The first-order valence-electron chi connectivity index (χ1n) is 9.55. The lowest BCUT2D eigenvalue weighted by atomic mass is 9.92. The third-order valence-electron chi connectivity index (χ3n) is 5.60. The van der Waals surface area contributed by atoms with Crippen LogP contribution in [0.2, 0.25) is 0 Å². The third-order valence-corrected chi connectivity index (χ3v) is 5.98. The van der Waals surface area contributed by atoms with E-state index in [2.05, 4.69) is 0 Å². The molecule has 3 fully saturated rings. The molecule has 1 saturated heterocycles. The summed E-state index contributed by atoms with van der Waals surface area (Å²) < 4.78 is 21.4. The van der Waals surface area contributed by atoms with Gasteiger partial charge in [-0.3, -0.25) is 0 Å². The molecule has 0 bridgehead atoms. The fraction of sp³-hybridized carbons (Fsp3) is 0.632.